The highest BCUT2D eigenvalue weighted by atomic mass is 16.5. The molecule has 0 spiro atoms. The summed E-state index contributed by atoms with van der Waals surface area (Å²) in [5.41, 5.74) is 1.98. The first-order chi connectivity index (χ1) is 11.3. The van der Waals surface area contributed by atoms with E-state index >= 15 is 0 Å². The van der Waals surface area contributed by atoms with Crippen LogP contribution in [0.15, 0.2) is 48.6 Å². The van der Waals surface area contributed by atoms with Gasteiger partial charge in [-0.2, -0.15) is 0 Å². The molecule has 0 N–H and O–H groups in total. The molecule has 2 aromatic carbocycles. The maximum absolute atomic E-state index is 12.6. The van der Waals surface area contributed by atoms with Gasteiger partial charge in [-0.15, -0.1) is 0 Å². The van der Waals surface area contributed by atoms with E-state index in [1.807, 2.05) is 19.1 Å². The molecular weight excluding hydrogens is 284 g/mol. The van der Waals surface area contributed by atoms with Gasteiger partial charge in [-0.1, -0.05) is 49.4 Å². The molecule has 1 saturated carbocycles. The molecule has 2 heteroatoms. The minimum atomic E-state index is -0.167. The molecule has 2 aliphatic rings. The van der Waals surface area contributed by atoms with Gasteiger partial charge in [0, 0.05) is 0 Å². The number of carbonyl (C=O) groups is 1. The first-order valence-electron chi connectivity index (χ1n) is 8.65. The Labute approximate surface area is 137 Å². The third-order valence-electron chi connectivity index (χ3n) is 5.28. The van der Waals surface area contributed by atoms with E-state index in [9.17, 15) is 4.79 Å². The Bertz CT molecular complexity index is 775. The first-order valence-corrected chi connectivity index (χ1v) is 8.65. The number of carbonyl (C=O) groups excluding carboxylic acids is 1. The molecule has 0 aromatic heterocycles. The van der Waals surface area contributed by atoms with E-state index in [1.54, 1.807) is 0 Å². The third-order valence-corrected chi connectivity index (χ3v) is 5.28. The molecular formula is C21H22O2. The minimum Gasteiger partial charge on any atom is -0.462 e. The van der Waals surface area contributed by atoms with Gasteiger partial charge in [0.25, 0.3) is 0 Å². The summed E-state index contributed by atoms with van der Waals surface area (Å²) in [6.07, 6.45) is 7.94. The standard InChI is InChI=1S/C21H22O2/c1-2-11-23-21(22)18-10-9-15-5-3-4-6-17(15)20(18)19-13-14-7-8-16(19)12-14/h3-10,14,16,19H,2,11-13H2,1H3. The zero-order chi connectivity index (χ0) is 15.8. The van der Waals surface area contributed by atoms with E-state index in [1.165, 1.54) is 22.8 Å². The van der Waals surface area contributed by atoms with Crippen LogP contribution in [0, 0.1) is 11.8 Å². The van der Waals surface area contributed by atoms with Gasteiger partial charge in [-0.3, -0.25) is 0 Å². The van der Waals surface area contributed by atoms with E-state index in [0.29, 0.717) is 24.4 Å². The van der Waals surface area contributed by atoms with Crippen molar-refractivity contribution in [1.82, 2.24) is 0 Å². The Hall–Kier alpha value is -2.09. The van der Waals surface area contributed by atoms with Crippen LogP contribution in [0.1, 0.15) is 48.0 Å². The van der Waals surface area contributed by atoms with Crippen LogP contribution in [0.2, 0.25) is 0 Å². The summed E-state index contributed by atoms with van der Waals surface area (Å²) >= 11 is 0. The summed E-state index contributed by atoms with van der Waals surface area (Å²) in [6.45, 7) is 2.51. The van der Waals surface area contributed by atoms with Gasteiger partial charge in [-0.25, -0.2) is 4.79 Å². The molecule has 2 bridgehead atoms. The molecule has 4 rings (SSSR count). The van der Waals surface area contributed by atoms with Gasteiger partial charge in [0.1, 0.15) is 0 Å². The van der Waals surface area contributed by atoms with Crippen molar-refractivity contribution in [2.75, 3.05) is 6.61 Å². The van der Waals surface area contributed by atoms with Gasteiger partial charge in [0.05, 0.1) is 12.2 Å². The first kappa shape index (κ1) is 14.5. The number of fused-ring (bicyclic) bond motifs is 3. The Balaban J connectivity index is 1.84. The summed E-state index contributed by atoms with van der Waals surface area (Å²) in [4.78, 5) is 12.6. The van der Waals surface area contributed by atoms with Crippen molar-refractivity contribution in [1.29, 1.82) is 0 Å². The number of rotatable bonds is 4. The number of benzene rings is 2. The molecule has 23 heavy (non-hydrogen) atoms. The average Bonchev–Trinajstić information content (AvgIpc) is 3.21. The number of hydrogen-bond donors (Lipinski definition) is 0. The summed E-state index contributed by atoms with van der Waals surface area (Å²) in [7, 11) is 0. The molecule has 0 heterocycles. The number of ether oxygens (including phenoxy) is 1. The van der Waals surface area contributed by atoms with E-state index in [2.05, 4.69) is 36.4 Å². The number of hydrogen-bond acceptors (Lipinski definition) is 2. The van der Waals surface area contributed by atoms with Gasteiger partial charge >= 0.3 is 5.97 Å². The van der Waals surface area contributed by atoms with E-state index < -0.39 is 0 Å². The number of allylic oxidation sites excluding steroid dienone is 2. The van der Waals surface area contributed by atoms with Gasteiger partial charge in [0.2, 0.25) is 0 Å². The molecule has 3 unspecified atom stereocenters. The molecule has 2 aliphatic carbocycles. The Morgan fingerprint density at radius 2 is 2.00 bits per heavy atom. The quantitative estimate of drug-likeness (QED) is 0.581. The smallest absolute Gasteiger partial charge is 0.338 e. The van der Waals surface area contributed by atoms with Crippen molar-refractivity contribution in [2.45, 2.75) is 32.1 Å². The molecule has 2 aromatic rings. The Morgan fingerprint density at radius 1 is 1.13 bits per heavy atom. The molecule has 0 radical (unpaired) electrons. The lowest BCUT2D eigenvalue weighted by Gasteiger charge is -2.23. The maximum Gasteiger partial charge on any atom is 0.338 e. The SMILES string of the molecule is CCCOC(=O)c1ccc2ccccc2c1C1CC2C=CC1C2. The van der Waals surface area contributed by atoms with Crippen LogP contribution >= 0.6 is 0 Å². The molecule has 0 saturated heterocycles. The molecule has 3 atom stereocenters. The van der Waals surface area contributed by atoms with Crippen molar-refractivity contribution < 1.29 is 9.53 Å². The molecule has 0 aliphatic heterocycles. The van der Waals surface area contributed by atoms with E-state index in [-0.39, 0.29) is 5.97 Å². The highest BCUT2D eigenvalue weighted by Gasteiger charge is 2.39. The normalized spacial score (nSPS) is 25.2. The summed E-state index contributed by atoms with van der Waals surface area (Å²) < 4.78 is 5.45. The van der Waals surface area contributed by atoms with Crippen molar-refractivity contribution in [3.8, 4) is 0 Å². The van der Waals surface area contributed by atoms with E-state index in [4.69, 9.17) is 4.74 Å². The second kappa shape index (κ2) is 5.84. The van der Waals surface area contributed by atoms with Gasteiger partial charge < -0.3 is 4.74 Å². The fourth-order valence-corrected chi connectivity index (χ4v) is 4.26. The van der Waals surface area contributed by atoms with Crippen molar-refractivity contribution in [2.24, 2.45) is 11.8 Å². The molecule has 1 fully saturated rings. The van der Waals surface area contributed by atoms with Crippen molar-refractivity contribution in [3.63, 3.8) is 0 Å². The highest BCUT2D eigenvalue weighted by molar-refractivity contribution is 5.99. The van der Waals surface area contributed by atoms with Crippen molar-refractivity contribution >= 4 is 16.7 Å². The molecule has 0 amide bonds. The fourth-order valence-electron chi connectivity index (χ4n) is 4.26. The Kier molecular flexibility index (Phi) is 3.68. The van der Waals surface area contributed by atoms with Gasteiger partial charge in [-0.05, 0) is 59.4 Å². The van der Waals surface area contributed by atoms with E-state index in [0.717, 1.165) is 18.4 Å². The maximum atomic E-state index is 12.6. The monoisotopic (exact) mass is 306 g/mol. The fraction of sp³-hybridized carbons (Fsp3) is 0.381. The zero-order valence-electron chi connectivity index (χ0n) is 13.5. The highest BCUT2D eigenvalue weighted by Crippen LogP contribution is 2.51. The lowest BCUT2D eigenvalue weighted by atomic mass is 9.81. The number of esters is 1. The van der Waals surface area contributed by atoms with Crippen molar-refractivity contribution in [3.05, 3.63) is 59.7 Å². The Morgan fingerprint density at radius 3 is 2.74 bits per heavy atom. The molecule has 118 valence electrons. The second-order valence-corrected chi connectivity index (χ2v) is 6.77. The lowest BCUT2D eigenvalue weighted by molar-refractivity contribution is 0.0503. The average molecular weight is 306 g/mol. The summed E-state index contributed by atoms with van der Waals surface area (Å²) in [5.74, 6) is 1.53. The topological polar surface area (TPSA) is 26.3 Å². The predicted octanol–water partition coefficient (Wildman–Crippen LogP) is 5.09. The van der Waals surface area contributed by atoms with Crippen LogP contribution in [0.3, 0.4) is 0 Å². The molecule has 2 nitrogen and oxygen atoms in total. The summed E-state index contributed by atoms with van der Waals surface area (Å²) in [5, 5.41) is 2.42. The van der Waals surface area contributed by atoms with Crippen LogP contribution in [0.25, 0.3) is 10.8 Å². The second-order valence-electron chi connectivity index (χ2n) is 6.77. The summed E-state index contributed by atoms with van der Waals surface area (Å²) in [6, 6.07) is 12.4. The largest absolute Gasteiger partial charge is 0.462 e. The van der Waals surface area contributed by atoms with Crippen LogP contribution in [-0.4, -0.2) is 12.6 Å². The minimum absolute atomic E-state index is 0.167. The third kappa shape index (κ3) is 2.46. The predicted molar refractivity (Wildman–Crippen MR) is 92.6 cm³/mol. The van der Waals surface area contributed by atoms with Crippen LogP contribution < -0.4 is 0 Å². The zero-order valence-corrected chi connectivity index (χ0v) is 13.5. The van der Waals surface area contributed by atoms with Crippen LogP contribution in [-0.2, 0) is 4.74 Å². The van der Waals surface area contributed by atoms with Gasteiger partial charge in [0.15, 0.2) is 0 Å². The van der Waals surface area contributed by atoms with Crippen LogP contribution in [0.4, 0.5) is 0 Å². The lowest BCUT2D eigenvalue weighted by Crippen LogP contribution is -2.14. The van der Waals surface area contributed by atoms with Crippen LogP contribution in [0.5, 0.6) is 0 Å².